The molecule has 0 unspecified atom stereocenters. The molecule has 0 spiro atoms. The first-order valence-corrected chi connectivity index (χ1v) is 16.2. The average Bonchev–Trinajstić information content (AvgIpc) is 3.56. The lowest BCUT2D eigenvalue weighted by Gasteiger charge is -2.22. The molecule has 0 bridgehead atoms. The van der Waals surface area contributed by atoms with Gasteiger partial charge in [0.05, 0.1) is 16.6 Å². The number of rotatable bonds is 3. The molecule has 0 fully saturated rings. The van der Waals surface area contributed by atoms with Gasteiger partial charge in [-0.25, -0.2) is 9.97 Å². The number of hydrogen-bond donors (Lipinski definition) is 1. The highest BCUT2D eigenvalue weighted by molar-refractivity contribution is 6.12. The Bertz CT molecular complexity index is 2490. The van der Waals surface area contributed by atoms with E-state index in [1.54, 1.807) is 0 Å². The van der Waals surface area contributed by atoms with Gasteiger partial charge in [0.1, 0.15) is 23.0 Å². The monoisotopic (exact) mass is 614 g/mol. The van der Waals surface area contributed by atoms with E-state index >= 15 is 0 Å². The Hall–Kier alpha value is -5.42. The fourth-order valence-electron chi connectivity index (χ4n) is 6.98. The summed E-state index contributed by atoms with van der Waals surface area (Å²) < 4.78 is 4.48. The third-order valence-corrected chi connectivity index (χ3v) is 9.38. The second-order valence-electron chi connectivity index (χ2n) is 14.6. The Labute approximate surface area is 274 Å². The zero-order valence-electron chi connectivity index (χ0n) is 27.7. The number of hydrogen-bond acceptors (Lipinski definition) is 3. The number of nitrogens with zero attached hydrogens (tertiary/aromatic N) is 4. The summed E-state index contributed by atoms with van der Waals surface area (Å²) in [7, 11) is 0. The molecular weight excluding hydrogens is 576 g/mol. The molecule has 232 valence electrons. The molecule has 8 rings (SSSR count). The molecule has 0 saturated heterocycles. The van der Waals surface area contributed by atoms with Crippen LogP contribution in [0.4, 0.5) is 0 Å². The molecule has 8 aromatic rings. The van der Waals surface area contributed by atoms with Gasteiger partial charge in [-0.2, -0.15) is 0 Å². The van der Waals surface area contributed by atoms with Gasteiger partial charge in [0.25, 0.3) is 0 Å². The molecule has 0 aliphatic heterocycles. The molecule has 0 amide bonds. The minimum absolute atomic E-state index is 0.0454. The van der Waals surface area contributed by atoms with Gasteiger partial charge in [-0.05, 0) is 76.1 Å². The average molecular weight is 615 g/mol. The number of phenolic OH excluding ortho intramolecular Hbond substituents is 1. The van der Waals surface area contributed by atoms with Crippen LogP contribution in [0.3, 0.4) is 0 Å². The maximum absolute atomic E-state index is 11.1. The summed E-state index contributed by atoms with van der Waals surface area (Å²) in [5.74, 6) is 1.95. The van der Waals surface area contributed by atoms with E-state index in [1.165, 1.54) is 11.1 Å². The van der Waals surface area contributed by atoms with Gasteiger partial charge in [0.2, 0.25) is 0 Å². The van der Waals surface area contributed by atoms with Gasteiger partial charge in [-0.3, -0.25) is 9.13 Å². The SMILES string of the molecule is CC(C)(C)c1ccc(O)c(-c2ccc3c4ccccc4n(-c4cc(C(C)(C)C)c5c6ccccc6n(-c6ccccn6)c5n4)c3c2)c1. The second kappa shape index (κ2) is 10.3. The van der Waals surface area contributed by atoms with Crippen molar-refractivity contribution in [3.05, 3.63) is 127 Å². The molecule has 0 aliphatic rings. The standard InChI is InChI=1S/C42H38N4O/c1-41(2,3)27-19-21-36(47)31(24-27)26-18-20-29-28-13-7-9-15-33(28)45(35(29)23-26)38-25-32(42(4,5)6)39-30-14-8-10-16-34(30)46(40(39)44-38)37-17-11-12-22-43-37/h7-25,47H,1-6H3. The highest BCUT2D eigenvalue weighted by Crippen LogP contribution is 2.42. The zero-order valence-corrected chi connectivity index (χ0v) is 27.7. The second-order valence-corrected chi connectivity index (χ2v) is 14.6. The molecule has 0 atom stereocenters. The largest absolute Gasteiger partial charge is 0.507 e. The maximum atomic E-state index is 11.1. The van der Waals surface area contributed by atoms with Crippen molar-refractivity contribution >= 4 is 43.7 Å². The summed E-state index contributed by atoms with van der Waals surface area (Å²) in [4.78, 5) is 10.3. The zero-order chi connectivity index (χ0) is 32.7. The molecule has 4 aromatic carbocycles. The van der Waals surface area contributed by atoms with Crippen molar-refractivity contribution in [2.75, 3.05) is 0 Å². The van der Waals surface area contributed by atoms with Gasteiger partial charge < -0.3 is 5.11 Å². The van der Waals surface area contributed by atoms with Gasteiger partial charge in [-0.1, -0.05) is 102 Å². The van der Waals surface area contributed by atoms with Crippen LogP contribution in [0.25, 0.3) is 66.5 Å². The number of para-hydroxylation sites is 2. The molecule has 0 aliphatic carbocycles. The normalized spacial score (nSPS) is 12.6. The minimum Gasteiger partial charge on any atom is -0.507 e. The first kappa shape index (κ1) is 29.0. The fourth-order valence-corrected chi connectivity index (χ4v) is 6.98. The summed E-state index contributed by atoms with van der Waals surface area (Å²) in [6.07, 6.45) is 1.84. The smallest absolute Gasteiger partial charge is 0.149 e. The highest BCUT2D eigenvalue weighted by atomic mass is 16.3. The summed E-state index contributed by atoms with van der Waals surface area (Å²) in [6.45, 7) is 13.4. The Balaban J connectivity index is 1.49. The van der Waals surface area contributed by atoms with Crippen molar-refractivity contribution < 1.29 is 5.11 Å². The Morgan fingerprint density at radius 1 is 0.574 bits per heavy atom. The fraction of sp³-hybridized carbons (Fsp3) is 0.190. The van der Waals surface area contributed by atoms with Crippen LogP contribution in [0.5, 0.6) is 5.75 Å². The van der Waals surface area contributed by atoms with Gasteiger partial charge in [0, 0.05) is 33.3 Å². The summed E-state index contributed by atoms with van der Waals surface area (Å²) >= 11 is 0. The van der Waals surface area contributed by atoms with Crippen LogP contribution < -0.4 is 0 Å². The van der Waals surface area contributed by atoms with Crippen molar-refractivity contribution in [2.24, 2.45) is 0 Å². The summed E-state index contributed by atoms with van der Waals surface area (Å²) in [6, 6.07) is 37.8. The number of phenols is 1. The predicted octanol–water partition coefficient (Wildman–Crippen LogP) is 10.6. The van der Waals surface area contributed by atoms with Crippen LogP contribution >= 0.6 is 0 Å². The van der Waals surface area contributed by atoms with E-state index in [4.69, 9.17) is 9.97 Å². The van der Waals surface area contributed by atoms with E-state index in [2.05, 4.69) is 130 Å². The maximum Gasteiger partial charge on any atom is 0.149 e. The van der Waals surface area contributed by atoms with Crippen molar-refractivity contribution in [3.8, 4) is 28.5 Å². The molecular formula is C42H38N4O. The third kappa shape index (κ3) is 4.60. The number of benzene rings is 4. The van der Waals surface area contributed by atoms with E-state index < -0.39 is 0 Å². The topological polar surface area (TPSA) is 55.9 Å². The van der Waals surface area contributed by atoms with Gasteiger partial charge in [-0.15, -0.1) is 0 Å². The first-order chi connectivity index (χ1) is 22.5. The first-order valence-electron chi connectivity index (χ1n) is 16.2. The minimum atomic E-state index is -0.169. The van der Waals surface area contributed by atoms with Crippen molar-refractivity contribution in [1.82, 2.24) is 19.1 Å². The number of fused-ring (bicyclic) bond motifs is 6. The molecule has 4 aromatic heterocycles. The highest BCUT2D eigenvalue weighted by Gasteiger charge is 2.26. The van der Waals surface area contributed by atoms with Crippen LogP contribution in [0, 0.1) is 0 Å². The van der Waals surface area contributed by atoms with Gasteiger partial charge >= 0.3 is 0 Å². The molecule has 0 radical (unpaired) electrons. The lowest BCUT2D eigenvalue weighted by molar-refractivity contribution is 0.476. The Morgan fingerprint density at radius 2 is 1.26 bits per heavy atom. The molecule has 5 heteroatoms. The quantitative estimate of drug-likeness (QED) is 0.215. The van der Waals surface area contributed by atoms with Crippen LogP contribution in [0.15, 0.2) is 115 Å². The van der Waals surface area contributed by atoms with E-state index in [1.807, 2.05) is 36.5 Å². The molecule has 4 heterocycles. The molecule has 47 heavy (non-hydrogen) atoms. The Kier molecular flexibility index (Phi) is 6.36. The number of pyridine rings is 2. The predicted molar refractivity (Wildman–Crippen MR) is 195 cm³/mol. The van der Waals surface area contributed by atoms with Crippen LogP contribution in [0.1, 0.15) is 52.7 Å². The van der Waals surface area contributed by atoms with Crippen molar-refractivity contribution in [2.45, 2.75) is 52.4 Å². The Morgan fingerprint density at radius 3 is 1.96 bits per heavy atom. The third-order valence-electron chi connectivity index (χ3n) is 9.38. The van der Waals surface area contributed by atoms with Crippen LogP contribution in [-0.2, 0) is 10.8 Å². The lowest BCUT2D eigenvalue weighted by Crippen LogP contribution is -2.14. The van der Waals surface area contributed by atoms with Gasteiger partial charge in [0.15, 0.2) is 0 Å². The van der Waals surface area contributed by atoms with Crippen molar-refractivity contribution in [1.29, 1.82) is 0 Å². The van der Waals surface area contributed by atoms with E-state index in [-0.39, 0.29) is 16.6 Å². The van der Waals surface area contributed by atoms with Crippen LogP contribution in [0.2, 0.25) is 0 Å². The summed E-state index contributed by atoms with van der Waals surface area (Å²) in [5.41, 5.74) is 8.05. The molecule has 0 saturated carbocycles. The summed E-state index contributed by atoms with van der Waals surface area (Å²) in [5, 5.41) is 15.7. The van der Waals surface area contributed by atoms with Crippen molar-refractivity contribution in [3.63, 3.8) is 0 Å². The number of aromatic hydroxyl groups is 1. The van der Waals surface area contributed by atoms with Crippen LogP contribution in [-0.4, -0.2) is 24.2 Å². The molecule has 1 N–H and O–H groups in total. The lowest BCUT2D eigenvalue weighted by atomic mass is 9.85. The van der Waals surface area contributed by atoms with E-state index in [0.717, 1.165) is 66.5 Å². The van der Waals surface area contributed by atoms with E-state index in [0.29, 0.717) is 0 Å². The van der Waals surface area contributed by atoms with E-state index in [9.17, 15) is 5.11 Å². The molecule has 5 nitrogen and oxygen atoms in total. The number of aromatic nitrogens is 4.